The van der Waals surface area contributed by atoms with E-state index in [1.807, 2.05) is 0 Å². The summed E-state index contributed by atoms with van der Waals surface area (Å²) < 4.78 is 30.8. The number of ether oxygens (including phenoxy) is 3. The second kappa shape index (κ2) is 8.98. The van der Waals surface area contributed by atoms with E-state index in [9.17, 15) is 14.3 Å². The summed E-state index contributed by atoms with van der Waals surface area (Å²) in [7, 11) is 3.03. The van der Waals surface area contributed by atoms with Gasteiger partial charge in [0.25, 0.3) is 5.91 Å². The Morgan fingerprint density at radius 2 is 2.00 bits per heavy atom. The molecule has 6 nitrogen and oxygen atoms in total. The minimum Gasteiger partial charge on any atom is -0.493 e. The zero-order chi connectivity index (χ0) is 21.1. The minimum atomic E-state index is -0.691. The van der Waals surface area contributed by atoms with Gasteiger partial charge in [0.2, 0.25) is 0 Å². The molecular weight excluding hydrogens is 401 g/mol. The first kappa shape index (κ1) is 21.4. The Kier molecular flexibility index (Phi) is 6.62. The van der Waals surface area contributed by atoms with Crippen LogP contribution in [0, 0.1) is 12.7 Å². The molecule has 0 spiro atoms. The summed E-state index contributed by atoms with van der Waals surface area (Å²) in [5.41, 5.74) is 1.08. The highest BCUT2D eigenvalue weighted by Crippen LogP contribution is 2.37. The van der Waals surface area contributed by atoms with Crippen molar-refractivity contribution in [3.05, 3.63) is 57.9 Å². The van der Waals surface area contributed by atoms with Gasteiger partial charge in [-0.2, -0.15) is 0 Å². The van der Waals surface area contributed by atoms with Crippen LogP contribution >= 0.6 is 11.6 Å². The Balaban J connectivity index is 2.07. The monoisotopic (exact) mass is 423 g/mol. The number of hydrogen-bond donors (Lipinski definition) is 1. The van der Waals surface area contributed by atoms with Crippen molar-refractivity contribution in [1.82, 2.24) is 4.90 Å². The predicted molar refractivity (Wildman–Crippen MR) is 106 cm³/mol. The largest absolute Gasteiger partial charge is 0.493 e. The van der Waals surface area contributed by atoms with Crippen molar-refractivity contribution in [2.24, 2.45) is 0 Å². The van der Waals surface area contributed by atoms with Crippen LogP contribution in [0.25, 0.3) is 0 Å². The fourth-order valence-electron chi connectivity index (χ4n) is 3.54. The molecule has 1 fully saturated rings. The molecule has 1 aliphatic heterocycles. The van der Waals surface area contributed by atoms with Crippen molar-refractivity contribution in [2.45, 2.75) is 19.1 Å². The third-order valence-electron chi connectivity index (χ3n) is 5.04. The van der Waals surface area contributed by atoms with Crippen LogP contribution in [-0.2, 0) is 4.74 Å². The van der Waals surface area contributed by atoms with Crippen LogP contribution in [0.1, 0.15) is 27.5 Å². The van der Waals surface area contributed by atoms with Crippen LogP contribution < -0.4 is 9.47 Å². The molecule has 3 rings (SSSR count). The first-order chi connectivity index (χ1) is 13.9. The maximum atomic E-state index is 14.5. The Hall–Kier alpha value is -2.35. The molecular formula is C21H23ClFNO5. The molecule has 8 heteroatoms. The van der Waals surface area contributed by atoms with Crippen LogP contribution in [0.3, 0.4) is 0 Å². The van der Waals surface area contributed by atoms with Gasteiger partial charge in [-0.1, -0.05) is 23.7 Å². The van der Waals surface area contributed by atoms with Gasteiger partial charge in [-0.25, -0.2) is 4.39 Å². The Bertz CT molecular complexity index is 907. The molecule has 0 aromatic heterocycles. The lowest BCUT2D eigenvalue weighted by Gasteiger charge is -2.41. The molecule has 1 N–H and O–H groups in total. The van der Waals surface area contributed by atoms with Gasteiger partial charge >= 0.3 is 0 Å². The normalized spacial score (nSPS) is 19.2. The fraction of sp³-hybridized carbons (Fsp3) is 0.381. The van der Waals surface area contributed by atoms with Crippen molar-refractivity contribution in [3.63, 3.8) is 0 Å². The van der Waals surface area contributed by atoms with Gasteiger partial charge in [0.15, 0.2) is 11.5 Å². The number of hydrogen-bond acceptors (Lipinski definition) is 5. The minimum absolute atomic E-state index is 0.0769. The number of aryl methyl sites for hydroxylation is 1. The van der Waals surface area contributed by atoms with Gasteiger partial charge in [-0.15, -0.1) is 0 Å². The van der Waals surface area contributed by atoms with Crippen LogP contribution in [0.15, 0.2) is 30.3 Å². The highest BCUT2D eigenvalue weighted by molar-refractivity contribution is 6.34. The SMILES string of the molecule is COc1ccc([C@@H]2[C@@H](CO)OCCN2C(=O)c2c(F)ccc(C)c2Cl)cc1OC. The molecule has 29 heavy (non-hydrogen) atoms. The fourth-order valence-corrected chi connectivity index (χ4v) is 3.78. The molecule has 1 aliphatic rings. The van der Waals surface area contributed by atoms with E-state index in [2.05, 4.69) is 0 Å². The van der Waals surface area contributed by atoms with Gasteiger partial charge in [0.1, 0.15) is 11.9 Å². The van der Waals surface area contributed by atoms with E-state index >= 15 is 0 Å². The molecule has 0 radical (unpaired) electrons. The van der Waals surface area contributed by atoms with Crippen LogP contribution in [-0.4, -0.2) is 56.0 Å². The van der Waals surface area contributed by atoms with E-state index < -0.39 is 23.9 Å². The third-order valence-corrected chi connectivity index (χ3v) is 5.53. The molecule has 1 heterocycles. The lowest BCUT2D eigenvalue weighted by atomic mass is 9.96. The van der Waals surface area contributed by atoms with Crippen molar-refractivity contribution in [3.8, 4) is 11.5 Å². The number of aliphatic hydroxyl groups excluding tert-OH is 1. The van der Waals surface area contributed by atoms with Crippen molar-refractivity contribution in [1.29, 1.82) is 0 Å². The summed E-state index contributed by atoms with van der Waals surface area (Å²) >= 11 is 6.26. The predicted octanol–water partition coefficient (Wildman–Crippen LogP) is 3.38. The topological polar surface area (TPSA) is 68.2 Å². The molecule has 1 saturated heterocycles. The number of benzene rings is 2. The molecule has 156 valence electrons. The highest BCUT2D eigenvalue weighted by Gasteiger charge is 2.38. The summed E-state index contributed by atoms with van der Waals surface area (Å²) in [5.74, 6) is -0.250. The quantitative estimate of drug-likeness (QED) is 0.798. The van der Waals surface area contributed by atoms with Gasteiger partial charge in [0, 0.05) is 6.54 Å². The Labute approximate surface area is 173 Å². The van der Waals surface area contributed by atoms with E-state index in [0.29, 0.717) is 22.6 Å². The second-order valence-corrected chi connectivity index (χ2v) is 7.08. The maximum Gasteiger partial charge on any atom is 0.259 e. The molecule has 0 saturated carbocycles. The highest BCUT2D eigenvalue weighted by atomic mass is 35.5. The molecule has 0 bridgehead atoms. The first-order valence-corrected chi connectivity index (χ1v) is 9.50. The first-order valence-electron chi connectivity index (χ1n) is 9.12. The zero-order valence-corrected chi connectivity index (χ0v) is 17.2. The standard InChI is InChI=1S/C21H23ClFNO5/c1-12-4-6-14(23)18(19(12)22)21(26)24-8-9-29-17(11-25)20(24)13-5-7-15(27-2)16(10-13)28-3/h4-7,10,17,20,25H,8-9,11H2,1-3H3/t17-,20-/m1/s1. The van der Waals surface area contributed by atoms with E-state index in [-0.39, 0.29) is 30.3 Å². The van der Waals surface area contributed by atoms with Crippen molar-refractivity contribution in [2.75, 3.05) is 34.0 Å². The molecule has 2 aromatic carbocycles. The molecule has 0 unspecified atom stereocenters. The zero-order valence-electron chi connectivity index (χ0n) is 16.4. The second-order valence-electron chi connectivity index (χ2n) is 6.70. The molecule has 2 atom stereocenters. The lowest BCUT2D eigenvalue weighted by Crippen LogP contribution is -2.49. The number of methoxy groups -OCH3 is 2. The number of carbonyl (C=O) groups excluding carboxylic acids is 1. The van der Waals surface area contributed by atoms with E-state index in [4.69, 9.17) is 25.8 Å². The summed E-state index contributed by atoms with van der Waals surface area (Å²) in [4.78, 5) is 14.8. The van der Waals surface area contributed by atoms with Crippen LogP contribution in [0.2, 0.25) is 5.02 Å². The number of aliphatic hydroxyl groups is 1. The average molecular weight is 424 g/mol. The van der Waals surface area contributed by atoms with Gasteiger partial charge in [-0.3, -0.25) is 4.79 Å². The molecule has 0 aliphatic carbocycles. The number of morpholine rings is 1. The van der Waals surface area contributed by atoms with Gasteiger partial charge in [0.05, 0.1) is 44.1 Å². The van der Waals surface area contributed by atoms with Crippen LogP contribution in [0.4, 0.5) is 4.39 Å². The molecule has 2 aromatic rings. The van der Waals surface area contributed by atoms with Crippen LogP contribution in [0.5, 0.6) is 11.5 Å². The number of halogens is 2. The Morgan fingerprint density at radius 3 is 2.66 bits per heavy atom. The molecule has 1 amide bonds. The number of rotatable bonds is 5. The maximum absolute atomic E-state index is 14.5. The summed E-state index contributed by atoms with van der Waals surface area (Å²) in [6, 6.07) is 7.28. The van der Waals surface area contributed by atoms with E-state index in [1.54, 1.807) is 25.1 Å². The van der Waals surface area contributed by atoms with E-state index in [1.165, 1.54) is 31.3 Å². The summed E-state index contributed by atoms with van der Waals surface area (Å²) in [5, 5.41) is 9.93. The smallest absolute Gasteiger partial charge is 0.259 e. The average Bonchev–Trinajstić information content (AvgIpc) is 2.75. The Morgan fingerprint density at radius 1 is 1.28 bits per heavy atom. The number of nitrogens with zero attached hydrogens (tertiary/aromatic N) is 1. The van der Waals surface area contributed by atoms with Crippen molar-refractivity contribution < 1.29 is 28.5 Å². The van der Waals surface area contributed by atoms with E-state index in [0.717, 1.165) is 0 Å². The third kappa shape index (κ3) is 4.03. The van der Waals surface area contributed by atoms with Gasteiger partial charge < -0.3 is 24.2 Å². The number of carbonyl (C=O) groups is 1. The lowest BCUT2D eigenvalue weighted by molar-refractivity contribution is -0.0812. The van der Waals surface area contributed by atoms with Gasteiger partial charge in [-0.05, 0) is 36.2 Å². The van der Waals surface area contributed by atoms with Crippen molar-refractivity contribution >= 4 is 17.5 Å². The number of amides is 1. The summed E-state index contributed by atoms with van der Waals surface area (Å²) in [6.45, 7) is 1.83. The summed E-state index contributed by atoms with van der Waals surface area (Å²) in [6.07, 6.45) is -0.683.